The van der Waals surface area contributed by atoms with Crippen LogP contribution in [0.1, 0.15) is 31.7 Å². The molecule has 1 aliphatic rings. The van der Waals surface area contributed by atoms with Crippen LogP contribution in [-0.4, -0.2) is 26.8 Å². The summed E-state index contributed by atoms with van der Waals surface area (Å²) in [6, 6.07) is 6.21. The highest BCUT2D eigenvalue weighted by molar-refractivity contribution is 5.42. The molecule has 1 N–H and O–H groups in total. The Hall–Kier alpha value is -1.22. The lowest BCUT2D eigenvalue weighted by Gasteiger charge is -2.22. The van der Waals surface area contributed by atoms with Crippen LogP contribution in [0.5, 0.6) is 11.5 Å². The molecule has 106 valence electrons. The number of methoxy groups -OCH3 is 1. The van der Waals surface area contributed by atoms with Gasteiger partial charge in [-0.25, -0.2) is 0 Å². The molecule has 1 aromatic carbocycles. The van der Waals surface area contributed by atoms with Crippen LogP contribution >= 0.6 is 0 Å². The Kier molecular flexibility index (Phi) is 5.52. The fourth-order valence-electron chi connectivity index (χ4n) is 2.56. The maximum absolute atomic E-state index is 5.88. The third-order valence-electron chi connectivity index (χ3n) is 3.88. The summed E-state index contributed by atoms with van der Waals surface area (Å²) in [6.07, 6.45) is 4.70. The number of nitrogens with one attached hydrogen (secondary N) is 1. The minimum atomic E-state index is 0.784. The molecular formula is C16H25NO2. The largest absolute Gasteiger partial charge is 0.493 e. The van der Waals surface area contributed by atoms with E-state index in [1.165, 1.54) is 18.4 Å². The lowest BCUT2D eigenvalue weighted by molar-refractivity contribution is 0.243. The van der Waals surface area contributed by atoms with Crippen LogP contribution in [0.15, 0.2) is 18.2 Å². The van der Waals surface area contributed by atoms with E-state index in [4.69, 9.17) is 9.47 Å². The van der Waals surface area contributed by atoms with E-state index >= 15 is 0 Å². The Morgan fingerprint density at radius 2 is 2.00 bits per heavy atom. The summed E-state index contributed by atoms with van der Waals surface area (Å²) in [5.74, 6) is 2.53. The second kappa shape index (κ2) is 7.39. The summed E-state index contributed by atoms with van der Waals surface area (Å²) in [7, 11) is 1.70. The molecular weight excluding hydrogens is 238 g/mol. The molecule has 1 heterocycles. The molecule has 0 saturated carbocycles. The van der Waals surface area contributed by atoms with Gasteiger partial charge in [-0.05, 0) is 62.4 Å². The smallest absolute Gasteiger partial charge is 0.161 e. The van der Waals surface area contributed by atoms with Gasteiger partial charge in [0.15, 0.2) is 11.5 Å². The maximum Gasteiger partial charge on any atom is 0.161 e. The number of rotatable bonds is 6. The zero-order valence-electron chi connectivity index (χ0n) is 12.1. The quantitative estimate of drug-likeness (QED) is 0.855. The minimum Gasteiger partial charge on any atom is -0.493 e. The van der Waals surface area contributed by atoms with Gasteiger partial charge in [0.25, 0.3) is 0 Å². The minimum absolute atomic E-state index is 0.784. The molecule has 0 aliphatic carbocycles. The Morgan fingerprint density at radius 3 is 2.68 bits per heavy atom. The SMILES string of the molecule is CCc1ccc(OCCC2CCNCC2)c(OC)c1. The molecule has 0 unspecified atom stereocenters. The molecule has 19 heavy (non-hydrogen) atoms. The van der Waals surface area contributed by atoms with Crippen molar-refractivity contribution < 1.29 is 9.47 Å². The van der Waals surface area contributed by atoms with Gasteiger partial charge in [0, 0.05) is 0 Å². The fourth-order valence-corrected chi connectivity index (χ4v) is 2.56. The van der Waals surface area contributed by atoms with E-state index in [0.29, 0.717) is 0 Å². The first-order chi connectivity index (χ1) is 9.33. The molecule has 3 heteroatoms. The summed E-state index contributed by atoms with van der Waals surface area (Å²) >= 11 is 0. The molecule has 0 spiro atoms. The van der Waals surface area contributed by atoms with Crippen molar-refractivity contribution in [1.82, 2.24) is 5.32 Å². The van der Waals surface area contributed by atoms with Crippen molar-refractivity contribution >= 4 is 0 Å². The van der Waals surface area contributed by atoms with Gasteiger partial charge in [-0.15, -0.1) is 0 Å². The van der Waals surface area contributed by atoms with Crippen LogP contribution in [0.4, 0.5) is 0 Å². The van der Waals surface area contributed by atoms with Gasteiger partial charge in [-0.1, -0.05) is 13.0 Å². The van der Waals surface area contributed by atoms with E-state index < -0.39 is 0 Å². The zero-order valence-corrected chi connectivity index (χ0v) is 12.1. The van der Waals surface area contributed by atoms with Gasteiger partial charge in [0.05, 0.1) is 13.7 Å². The number of ether oxygens (including phenoxy) is 2. The van der Waals surface area contributed by atoms with Crippen LogP contribution in [0, 0.1) is 5.92 Å². The lowest BCUT2D eigenvalue weighted by Crippen LogP contribution is -2.28. The van der Waals surface area contributed by atoms with Crippen LogP contribution in [0.25, 0.3) is 0 Å². The van der Waals surface area contributed by atoms with Crippen molar-refractivity contribution in [2.24, 2.45) is 5.92 Å². The summed E-state index contributed by atoms with van der Waals surface area (Å²) in [6.45, 7) is 5.23. The number of aryl methyl sites for hydroxylation is 1. The normalized spacial score (nSPS) is 16.3. The van der Waals surface area contributed by atoms with E-state index in [1.54, 1.807) is 7.11 Å². The molecule has 0 aromatic heterocycles. The van der Waals surface area contributed by atoms with Gasteiger partial charge in [0.1, 0.15) is 0 Å². The maximum atomic E-state index is 5.88. The molecule has 0 radical (unpaired) electrons. The molecule has 0 atom stereocenters. The number of hydrogen-bond acceptors (Lipinski definition) is 3. The standard InChI is InChI=1S/C16H25NO2/c1-3-13-4-5-15(16(12-13)18-2)19-11-8-14-6-9-17-10-7-14/h4-5,12,14,17H,3,6-11H2,1-2H3. The third kappa shape index (κ3) is 4.13. The Balaban J connectivity index is 1.84. The van der Waals surface area contributed by atoms with Crippen molar-refractivity contribution in [1.29, 1.82) is 0 Å². The predicted molar refractivity (Wildman–Crippen MR) is 78.1 cm³/mol. The van der Waals surface area contributed by atoms with Crippen molar-refractivity contribution in [3.63, 3.8) is 0 Å². The summed E-state index contributed by atoms with van der Waals surface area (Å²) in [5, 5.41) is 3.39. The topological polar surface area (TPSA) is 30.5 Å². The zero-order chi connectivity index (χ0) is 13.5. The highest BCUT2D eigenvalue weighted by Crippen LogP contribution is 2.29. The van der Waals surface area contributed by atoms with E-state index in [1.807, 2.05) is 6.07 Å². The second-order valence-corrected chi connectivity index (χ2v) is 5.17. The molecule has 1 saturated heterocycles. The van der Waals surface area contributed by atoms with Crippen molar-refractivity contribution in [2.45, 2.75) is 32.6 Å². The van der Waals surface area contributed by atoms with Crippen molar-refractivity contribution in [2.75, 3.05) is 26.8 Å². The highest BCUT2D eigenvalue weighted by atomic mass is 16.5. The van der Waals surface area contributed by atoms with Gasteiger partial charge in [-0.3, -0.25) is 0 Å². The summed E-state index contributed by atoms with van der Waals surface area (Å²) in [5.41, 5.74) is 1.28. The Morgan fingerprint density at radius 1 is 1.21 bits per heavy atom. The number of piperidine rings is 1. The van der Waals surface area contributed by atoms with Gasteiger partial charge < -0.3 is 14.8 Å². The molecule has 0 amide bonds. The van der Waals surface area contributed by atoms with Crippen molar-refractivity contribution in [3.8, 4) is 11.5 Å². The van der Waals surface area contributed by atoms with Gasteiger partial charge in [-0.2, -0.15) is 0 Å². The first-order valence-corrected chi connectivity index (χ1v) is 7.34. The molecule has 1 fully saturated rings. The predicted octanol–water partition coefficient (Wildman–Crippen LogP) is 3.03. The van der Waals surface area contributed by atoms with E-state index in [2.05, 4.69) is 24.4 Å². The van der Waals surface area contributed by atoms with Crippen LogP contribution < -0.4 is 14.8 Å². The van der Waals surface area contributed by atoms with E-state index in [9.17, 15) is 0 Å². The number of hydrogen-bond donors (Lipinski definition) is 1. The van der Waals surface area contributed by atoms with Crippen LogP contribution in [-0.2, 0) is 6.42 Å². The Labute approximate surface area is 116 Å². The highest BCUT2D eigenvalue weighted by Gasteiger charge is 2.13. The molecule has 1 aromatic rings. The van der Waals surface area contributed by atoms with Crippen LogP contribution in [0.2, 0.25) is 0 Å². The monoisotopic (exact) mass is 263 g/mol. The molecule has 0 bridgehead atoms. The molecule has 3 nitrogen and oxygen atoms in total. The van der Waals surface area contributed by atoms with Gasteiger partial charge >= 0.3 is 0 Å². The second-order valence-electron chi connectivity index (χ2n) is 5.17. The lowest BCUT2D eigenvalue weighted by atomic mass is 9.95. The number of benzene rings is 1. The van der Waals surface area contributed by atoms with E-state index in [-0.39, 0.29) is 0 Å². The molecule has 2 rings (SSSR count). The van der Waals surface area contributed by atoms with E-state index in [0.717, 1.165) is 50.0 Å². The first kappa shape index (κ1) is 14.2. The summed E-state index contributed by atoms with van der Waals surface area (Å²) in [4.78, 5) is 0. The average Bonchev–Trinajstić information content (AvgIpc) is 2.48. The van der Waals surface area contributed by atoms with Gasteiger partial charge in [0.2, 0.25) is 0 Å². The average molecular weight is 263 g/mol. The van der Waals surface area contributed by atoms with Crippen molar-refractivity contribution in [3.05, 3.63) is 23.8 Å². The summed E-state index contributed by atoms with van der Waals surface area (Å²) < 4.78 is 11.3. The first-order valence-electron chi connectivity index (χ1n) is 7.34. The molecule has 1 aliphatic heterocycles. The fraction of sp³-hybridized carbons (Fsp3) is 0.625. The Bertz CT molecular complexity index is 386. The third-order valence-corrected chi connectivity index (χ3v) is 3.88. The van der Waals surface area contributed by atoms with Crippen LogP contribution in [0.3, 0.4) is 0 Å².